The molecule has 0 aliphatic carbocycles. The Hall–Kier alpha value is -2.82. The van der Waals surface area contributed by atoms with Crippen LogP contribution in [0.4, 0.5) is 17.6 Å². The molecule has 0 aliphatic heterocycles. The molecule has 24 heavy (non-hydrogen) atoms. The third-order valence-electron chi connectivity index (χ3n) is 3.85. The van der Waals surface area contributed by atoms with Gasteiger partial charge in [-0.25, -0.2) is 17.6 Å². The third kappa shape index (κ3) is 2.33. The first-order valence-electron chi connectivity index (χ1n) is 7.13. The zero-order valence-corrected chi connectivity index (χ0v) is 12.1. The average Bonchev–Trinajstić information content (AvgIpc) is 2.92. The van der Waals surface area contributed by atoms with Gasteiger partial charge in [0, 0.05) is 22.8 Å². The molecule has 1 aromatic heterocycles. The lowest BCUT2D eigenvalue weighted by atomic mass is 10.0. The van der Waals surface area contributed by atoms with E-state index in [9.17, 15) is 17.6 Å². The Morgan fingerprint density at radius 1 is 0.708 bits per heavy atom. The van der Waals surface area contributed by atoms with Crippen molar-refractivity contribution in [2.24, 2.45) is 0 Å². The van der Waals surface area contributed by atoms with E-state index in [0.717, 1.165) is 12.1 Å². The van der Waals surface area contributed by atoms with Crippen LogP contribution in [0.1, 0.15) is 11.1 Å². The number of benzene rings is 3. The quantitative estimate of drug-likeness (QED) is 0.337. The minimum Gasteiger partial charge on any atom is -0.456 e. The normalized spacial score (nSPS) is 11.5. The van der Waals surface area contributed by atoms with Crippen molar-refractivity contribution >= 4 is 21.9 Å². The molecule has 0 N–H and O–H groups in total. The highest BCUT2D eigenvalue weighted by molar-refractivity contribution is 6.05. The van der Waals surface area contributed by atoms with E-state index >= 15 is 0 Å². The van der Waals surface area contributed by atoms with Crippen LogP contribution in [0.25, 0.3) is 21.9 Å². The van der Waals surface area contributed by atoms with Crippen LogP contribution < -0.4 is 0 Å². The predicted octanol–water partition coefficient (Wildman–Crippen LogP) is 5.74. The summed E-state index contributed by atoms with van der Waals surface area (Å²) in [5, 5.41) is 1.16. The van der Waals surface area contributed by atoms with Crippen molar-refractivity contribution in [1.82, 2.24) is 0 Å². The maximum atomic E-state index is 13.8. The van der Waals surface area contributed by atoms with Crippen molar-refractivity contribution in [3.8, 4) is 0 Å². The number of furan rings is 1. The van der Waals surface area contributed by atoms with Gasteiger partial charge in [-0.1, -0.05) is 6.07 Å². The van der Waals surface area contributed by atoms with E-state index in [-0.39, 0.29) is 0 Å². The standard InChI is InChI=1S/C19H9F4O/c20-11-2-6-18-13(9-11)12-7-10(1-5-17(12)24-18)8-14-15(21)3-4-16(22)19(14)23/h1-9H. The van der Waals surface area contributed by atoms with E-state index in [0.29, 0.717) is 27.5 Å². The van der Waals surface area contributed by atoms with E-state index in [1.807, 2.05) is 0 Å². The van der Waals surface area contributed by atoms with E-state index in [4.69, 9.17) is 4.42 Å². The molecule has 0 saturated heterocycles. The minimum atomic E-state index is -1.25. The Morgan fingerprint density at radius 2 is 1.38 bits per heavy atom. The molecule has 3 aromatic carbocycles. The van der Waals surface area contributed by atoms with Crippen LogP contribution in [0.2, 0.25) is 0 Å². The average molecular weight is 329 g/mol. The highest BCUT2D eigenvalue weighted by Gasteiger charge is 2.16. The van der Waals surface area contributed by atoms with E-state index < -0.39 is 28.8 Å². The molecule has 119 valence electrons. The van der Waals surface area contributed by atoms with Gasteiger partial charge in [-0.15, -0.1) is 0 Å². The Labute approximate surface area is 134 Å². The Balaban J connectivity index is 1.85. The smallest absolute Gasteiger partial charge is 0.165 e. The molecular formula is C19H9F4O. The number of rotatable bonds is 2. The van der Waals surface area contributed by atoms with Crippen molar-refractivity contribution in [3.05, 3.63) is 89.3 Å². The van der Waals surface area contributed by atoms with Gasteiger partial charge in [0.2, 0.25) is 0 Å². The summed E-state index contributed by atoms with van der Waals surface area (Å²) in [5.74, 6) is -3.66. The minimum absolute atomic E-state index is 0.415. The molecule has 0 unspecified atom stereocenters. The topological polar surface area (TPSA) is 13.1 Å². The van der Waals surface area contributed by atoms with Gasteiger partial charge in [-0.2, -0.15) is 0 Å². The van der Waals surface area contributed by atoms with Crippen LogP contribution in [0.3, 0.4) is 0 Å². The summed E-state index contributed by atoms with van der Waals surface area (Å²) in [6.45, 7) is 0. The summed E-state index contributed by atoms with van der Waals surface area (Å²) in [7, 11) is 0. The zero-order valence-electron chi connectivity index (χ0n) is 12.1. The maximum Gasteiger partial charge on any atom is 0.165 e. The molecule has 0 amide bonds. The van der Waals surface area contributed by atoms with Gasteiger partial charge in [0.15, 0.2) is 11.6 Å². The van der Waals surface area contributed by atoms with Gasteiger partial charge in [-0.3, -0.25) is 0 Å². The first-order chi connectivity index (χ1) is 11.5. The molecule has 0 aliphatic rings. The van der Waals surface area contributed by atoms with Gasteiger partial charge in [0.25, 0.3) is 0 Å². The lowest BCUT2D eigenvalue weighted by Gasteiger charge is -2.06. The van der Waals surface area contributed by atoms with Crippen LogP contribution >= 0.6 is 0 Å². The summed E-state index contributed by atoms with van der Waals surface area (Å²) < 4.78 is 59.9. The SMILES string of the molecule is Fc1ccc2oc3ccc([CH]c4c(F)ccc(F)c4F)cc3c2c1. The number of halogens is 4. The second kappa shape index (κ2) is 5.37. The fourth-order valence-corrected chi connectivity index (χ4v) is 2.70. The monoisotopic (exact) mass is 329 g/mol. The first-order valence-corrected chi connectivity index (χ1v) is 7.13. The molecular weight excluding hydrogens is 320 g/mol. The molecule has 0 spiro atoms. The molecule has 1 nitrogen and oxygen atoms in total. The molecule has 0 saturated carbocycles. The first kappa shape index (κ1) is 14.8. The summed E-state index contributed by atoms with van der Waals surface area (Å²) in [6.07, 6.45) is 1.20. The molecule has 0 bridgehead atoms. The van der Waals surface area contributed by atoms with E-state index in [1.165, 1.54) is 24.6 Å². The molecule has 1 radical (unpaired) electrons. The van der Waals surface area contributed by atoms with Crippen LogP contribution in [0, 0.1) is 29.7 Å². The molecule has 5 heteroatoms. The van der Waals surface area contributed by atoms with E-state index in [2.05, 4.69) is 0 Å². The van der Waals surface area contributed by atoms with Crippen molar-refractivity contribution in [1.29, 1.82) is 0 Å². The fraction of sp³-hybridized carbons (Fsp3) is 0. The Morgan fingerprint density at radius 3 is 2.17 bits per heavy atom. The van der Waals surface area contributed by atoms with Gasteiger partial charge in [0.05, 0.1) is 0 Å². The molecule has 1 heterocycles. The second-order valence-electron chi connectivity index (χ2n) is 5.40. The third-order valence-corrected chi connectivity index (χ3v) is 3.85. The highest BCUT2D eigenvalue weighted by atomic mass is 19.2. The van der Waals surface area contributed by atoms with Crippen molar-refractivity contribution < 1.29 is 22.0 Å². The molecule has 4 rings (SSSR count). The Bertz CT molecular complexity index is 1080. The van der Waals surface area contributed by atoms with Crippen LogP contribution in [-0.4, -0.2) is 0 Å². The summed E-state index contributed by atoms with van der Waals surface area (Å²) in [4.78, 5) is 0. The summed E-state index contributed by atoms with van der Waals surface area (Å²) in [6, 6.07) is 10.6. The van der Waals surface area contributed by atoms with Crippen molar-refractivity contribution in [3.63, 3.8) is 0 Å². The van der Waals surface area contributed by atoms with Crippen LogP contribution in [0.15, 0.2) is 52.9 Å². The summed E-state index contributed by atoms with van der Waals surface area (Å²) in [5.41, 5.74) is 1.01. The lowest BCUT2D eigenvalue weighted by molar-refractivity contribution is 0.488. The number of hydrogen-bond acceptors (Lipinski definition) is 1. The van der Waals surface area contributed by atoms with Gasteiger partial charge in [-0.05, 0) is 48.0 Å². The van der Waals surface area contributed by atoms with Gasteiger partial charge in [0.1, 0.15) is 22.8 Å². The van der Waals surface area contributed by atoms with Crippen molar-refractivity contribution in [2.75, 3.05) is 0 Å². The van der Waals surface area contributed by atoms with Crippen LogP contribution in [0.5, 0.6) is 0 Å². The van der Waals surface area contributed by atoms with E-state index in [1.54, 1.807) is 18.2 Å². The molecule has 0 atom stereocenters. The number of fused-ring (bicyclic) bond motifs is 3. The molecule has 0 fully saturated rings. The van der Waals surface area contributed by atoms with Crippen LogP contribution in [-0.2, 0) is 0 Å². The maximum absolute atomic E-state index is 13.8. The van der Waals surface area contributed by atoms with Gasteiger partial charge < -0.3 is 4.42 Å². The predicted molar refractivity (Wildman–Crippen MR) is 82.5 cm³/mol. The number of hydrogen-bond donors (Lipinski definition) is 0. The highest BCUT2D eigenvalue weighted by Crippen LogP contribution is 2.31. The Kier molecular flexibility index (Phi) is 3.30. The lowest BCUT2D eigenvalue weighted by Crippen LogP contribution is -1.98. The summed E-state index contributed by atoms with van der Waals surface area (Å²) >= 11 is 0. The fourth-order valence-electron chi connectivity index (χ4n) is 2.70. The molecule has 4 aromatic rings. The van der Waals surface area contributed by atoms with Crippen molar-refractivity contribution in [2.45, 2.75) is 0 Å². The second-order valence-corrected chi connectivity index (χ2v) is 5.40. The largest absolute Gasteiger partial charge is 0.456 e. The zero-order chi connectivity index (χ0) is 16.8. The van der Waals surface area contributed by atoms with Gasteiger partial charge >= 0.3 is 0 Å².